The van der Waals surface area contributed by atoms with Gasteiger partial charge in [-0.1, -0.05) is 24.3 Å². The van der Waals surface area contributed by atoms with E-state index in [1.165, 1.54) is 0 Å². The normalized spacial score (nSPS) is 16.1. The van der Waals surface area contributed by atoms with Crippen LogP contribution in [0.4, 0.5) is 0 Å². The number of amides is 1. The summed E-state index contributed by atoms with van der Waals surface area (Å²) < 4.78 is 5.52. The molecule has 4 heteroatoms. The number of likely N-dealkylation sites (tertiary alicyclic amines) is 1. The Morgan fingerprint density at radius 2 is 2.14 bits per heavy atom. The van der Waals surface area contributed by atoms with Crippen molar-refractivity contribution in [3.8, 4) is 0 Å². The topological polar surface area (TPSA) is 45.3 Å². The van der Waals surface area contributed by atoms with Crippen LogP contribution in [-0.2, 0) is 4.74 Å². The Morgan fingerprint density at radius 3 is 2.91 bits per heavy atom. The molecule has 0 radical (unpaired) electrons. The highest BCUT2D eigenvalue weighted by Crippen LogP contribution is 2.23. The molecule has 1 amide bonds. The number of carbonyl (C=O) groups excluding carboxylic acids is 1. The number of fused-ring (bicyclic) bond motifs is 1. The lowest BCUT2D eigenvalue weighted by molar-refractivity contribution is 0.0577. The first kappa shape index (κ1) is 14.9. The Balaban J connectivity index is 1.61. The van der Waals surface area contributed by atoms with Crippen molar-refractivity contribution < 1.29 is 9.53 Å². The van der Waals surface area contributed by atoms with Gasteiger partial charge in [0.15, 0.2) is 0 Å². The maximum absolute atomic E-state index is 12.7. The van der Waals surface area contributed by atoms with Crippen molar-refractivity contribution in [2.45, 2.75) is 12.8 Å². The van der Waals surface area contributed by atoms with Gasteiger partial charge in [0.05, 0.1) is 12.2 Å². The number of nitrogens with one attached hydrogen (secondary N) is 1. The van der Waals surface area contributed by atoms with Crippen molar-refractivity contribution in [2.24, 2.45) is 5.92 Å². The van der Waals surface area contributed by atoms with E-state index in [9.17, 15) is 4.79 Å². The molecule has 2 aromatic rings. The van der Waals surface area contributed by atoms with E-state index in [1.807, 2.05) is 35.4 Å². The van der Waals surface area contributed by atoms with Crippen molar-refractivity contribution >= 4 is 16.8 Å². The molecule has 1 aliphatic heterocycles. The van der Waals surface area contributed by atoms with Crippen LogP contribution >= 0.6 is 0 Å². The molecule has 0 saturated carbocycles. The van der Waals surface area contributed by atoms with E-state index in [0.717, 1.165) is 49.0 Å². The number of nitrogens with zero attached hydrogens (tertiary/aromatic N) is 1. The fourth-order valence-electron chi connectivity index (χ4n) is 3.04. The highest BCUT2D eigenvalue weighted by molar-refractivity contribution is 6.06. The molecule has 1 aliphatic rings. The second kappa shape index (κ2) is 6.79. The Morgan fingerprint density at radius 1 is 1.36 bits per heavy atom. The van der Waals surface area contributed by atoms with E-state index in [2.05, 4.69) is 11.6 Å². The second-order valence-corrected chi connectivity index (χ2v) is 5.81. The van der Waals surface area contributed by atoms with Crippen LogP contribution in [0.5, 0.6) is 0 Å². The molecule has 0 spiro atoms. The fraction of sp³-hybridized carbons (Fsp3) is 0.389. The van der Waals surface area contributed by atoms with Crippen LogP contribution in [0.25, 0.3) is 10.9 Å². The highest BCUT2D eigenvalue weighted by Gasteiger charge is 2.25. The Labute approximate surface area is 130 Å². The molecule has 1 aromatic carbocycles. The predicted octanol–water partition coefficient (Wildman–Crippen LogP) is 3.22. The third-order valence-electron chi connectivity index (χ3n) is 4.31. The summed E-state index contributed by atoms with van der Waals surface area (Å²) in [6.07, 6.45) is 5.61. The first-order valence-electron chi connectivity index (χ1n) is 7.83. The molecular weight excluding hydrogens is 276 g/mol. The number of aromatic nitrogens is 1. The number of hydrogen-bond donors (Lipinski definition) is 1. The molecule has 0 aliphatic carbocycles. The molecule has 1 aromatic heterocycles. The van der Waals surface area contributed by atoms with E-state index in [4.69, 9.17) is 4.74 Å². The summed E-state index contributed by atoms with van der Waals surface area (Å²) in [6, 6.07) is 7.93. The van der Waals surface area contributed by atoms with Gasteiger partial charge in [-0.2, -0.15) is 0 Å². The molecule has 0 atom stereocenters. The zero-order valence-electron chi connectivity index (χ0n) is 12.8. The number of hydrogen-bond acceptors (Lipinski definition) is 2. The zero-order valence-corrected chi connectivity index (χ0v) is 12.8. The smallest absolute Gasteiger partial charge is 0.256 e. The molecule has 4 nitrogen and oxygen atoms in total. The summed E-state index contributed by atoms with van der Waals surface area (Å²) in [5.74, 6) is 0.676. The third-order valence-corrected chi connectivity index (χ3v) is 4.31. The number of ether oxygens (including phenoxy) is 1. The summed E-state index contributed by atoms with van der Waals surface area (Å²) in [6.45, 7) is 6.63. The minimum absolute atomic E-state index is 0.128. The largest absolute Gasteiger partial charge is 0.377 e. The van der Waals surface area contributed by atoms with E-state index < -0.39 is 0 Å². The number of para-hydroxylation sites is 1. The average Bonchev–Trinajstić information content (AvgIpc) is 2.99. The standard InChI is InChI=1S/C18H22N2O2/c1-2-11-22-13-14-7-9-20(10-8-14)18(21)16-12-19-17-6-4-3-5-15(16)17/h2-6,12,14,19H,1,7-11,13H2. The number of aromatic amines is 1. The highest BCUT2D eigenvalue weighted by atomic mass is 16.5. The van der Waals surface area contributed by atoms with Crippen molar-refractivity contribution in [1.29, 1.82) is 0 Å². The molecule has 116 valence electrons. The first-order chi connectivity index (χ1) is 10.8. The summed E-state index contributed by atoms with van der Waals surface area (Å²) in [5.41, 5.74) is 1.79. The van der Waals surface area contributed by atoms with Crippen LogP contribution in [0.3, 0.4) is 0 Å². The number of carbonyl (C=O) groups is 1. The minimum atomic E-state index is 0.128. The fourth-order valence-corrected chi connectivity index (χ4v) is 3.04. The van der Waals surface area contributed by atoms with Crippen LogP contribution < -0.4 is 0 Å². The summed E-state index contributed by atoms with van der Waals surface area (Å²) in [5, 5.41) is 1.00. The Kier molecular flexibility index (Phi) is 4.59. The Bertz CT molecular complexity index is 654. The maximum Gasteiger partial charge on any atom is 0.256 e. The molecule has 1 N–H and O–H groups in total. The van der Waals surface area contributed by atoms with Gasteiger partial charge in [0.2, 0.25) is 0 Å². The van der Waals surface area contributed by atoms with Crippen molar-refractivity contribution in [3.05, 3.63) is 48.7 Å². The van der Waals surface area contributed by atoms with Gasteiger partial charge < -0.3 is 14.6 Å². The third kappa shape index (κ3) is 3.07. The average molecular weight is 298 g/mol. The van der Waals surface area contributed by atoms with Crippen LogP contribution in [0.1, 0.15) is 23.2 Å². The number of piperidine rings is 1. The molecular formula is C18H22N2O2. The number of benzene rings is 1. The van der Waals surface area contributed by atoms with Gasteiger partial charge in [-0.3, -0.25) is 4.79 Å². The van der Waals surface area contributed by atoms with Crippen LogP contribution in [0.15, 0.2) is 43.1 Å². The zero-order chi connectivity index (χ0) is 15.4. The number of rotatable bonds is 5. The quantitative estimate of drug-likeness (QED) is 0.680. The van der Waals surface area contributed by atoms with Crippen molar-refractivity contribution in [1.82, 2.24) is 9.88 Å². The lowest BCUT2D eigenvalue weighted by Gasteiger charge is -2.31. The molecule has 22 heavy (non-hydrogen) atoms. The molecule has 1 fully saturated rings. The molecule has 2 heterocycles. The van der Waals surface area contributed by atoms with Gasteiger partial charge in [0.1, 0.15) is 0 Å². The second-order valence-electron chi connectivity index (χ2n) is 5.81. The summed E-state index contributed by atoms with van der Waals surface area (Å²) in [4.78, 5) is 17.8. The lowest BCUT2D eigenvalue weighted by atomic mass is 9.97. The van der Waals surface area contributed by atoms with E-state index in [1.54, 1.807) is 6.08 Å². The van der Waals surface area contributed by atoms with Crippen molar-refractivity contribution in [3.63, 3.8) is 0 Å². The van der Waals surface area contributed by atoms with Gasteiger partial charge in [0, 0.05) is 36.8 Å². The summed E-state index contributed by atoms with van der Waals surface area (Å²) in [7, 11) is 0. The minimum Gasteiger partial charge on any atom is -0.377 e. The van der Waals surface area contributed by atoms with Gasteiger partial charge in [-0.15, -0.1) is 6.58 Å². The van der Waals surface area contributed by atoms with Gasteiger partial charge in [-0.25, -0.2) is 0 Å². The van der Waals surface area contributed by atoms with Crippen LogP contribution in [0, 0.1) is 5.92 Å². The van der Waals surface area contributed by atoms with Gasteiger partial charge in [0.25, 0.3) is 5.91 Å². The Hall–Kier alpha value is -2.07. The number of H-pyrrole nitrogens is 1. The SMILES string of the molecule is C=CCOCC1CCN(C(=O)c2c[nH]c3ccccc23)CC1. The van der Waals surface area contributed by atoms with Crippen LogP contribution in [0.2, 0.25) is 0 Å². The monoisotopic (exact) mass is 298 g/mol. The molecule has 0 bridgehead atoms. The first-order valence-corrected chi connectivity index (χ1v) is 7.83. The van der Waals surface area contributed by atoms with Crippen LogP contribution in [-0.4, -0.2) is 42.1 Å². The van der Waals surface area contributed by atoms with E-state index >= 15 is 0 Å². The van der Waals surface area contributed by atoms with Gasteiger partial charge >= 0.3 is 0 Å². The maximum atomic E-state index is 12.7. The lowest BCUT2D eigenvalue weighted by Crippen LogP contribution is -2.39. The van der Waals surface area contributed by atoms with Crippen molar-refractivity contribution in [2.75, 3.05) is 26.3 Å². The van der Waals surface area contributed by atoms with E-state index in [0.29, 0.717) is 12.5 Å². The molecule has 3 rings (SSSR count). The predicted molar refractivity (Wildman–Crippen MR) is 87.9 cm³/mol. The van der Waals surface area contributed by atoms with E-state index in [-0.39, 0.29) is 5.91 Å². The molecule has 1 saturated heterocycles. The molecule has 0 unspecified atom stereocenters. The van der Waals surface area contributed by atoms with Gasteiger partial charge in [-0.05, 0) is 24.8 Å². The summed E-state index contributed by atoms with van der Waals surface area (Å²) >= 11 is 0.